The number of benzene rings is 2. The van der Waals surface area contributed by atoms with Crippen LogP contribution in [0.4, 0.5) is 5.69 Å². The van der Waals surface area contributed by atoms with Gasteiger partial charge in [-0.1, -0.05) is 73.5 Å². The van der Waals surface area contributed by atoms with Crippen LogP contribution in [0, 0.1) is 6.92 Å². The molecule has 0 aromatic heterocycles. The van der Waals surface area contributed by atoms with Gasteiger partial charge in [0, 0.05) is 6.04 Å². The van der Waals surface area contributed by atoms with Gasteiger partial charge in [0.2, 0.25) is 5.91 Å². The largest absolute Gasteiger partial charge is 0.352 e. The van der Waals surface area contributed by atoms with Crippen molar-refractivity contribution in [3.05, 3.63) is 59.1 Å². The van der Waals surface area contributed by atoms with Crippen LogP contribution < -0.4 is 9.62 Å². The summed E-state index contributed by atoms with van der Waals surface area (Å²) in [4.78, 5) is 13.0. The van der Waals surface area contributed by atoms with Crippen LogP contribution in [0.5, 0.6) is 0 Å². The highest BCUT2D eigenvalue weighted by atomic mass is 35.5. The molecule has 1 fully saturated rings. The topological polar surface area (TPSA) is 66.5 Å². The minimum atomic E-state index is -3.95. The quantitative estimate of drug-likeness (QED) is 0.670. The van der Waals surface area contributed by atoms with Crippen LogP contribution >= 0.6 is 11.6 Å². The molecule has 0 radical (unpaired) electrons. The maximum absolute atomic E-state index is 13.4. The Morgan fingerprint density at radius 1 is 1.00 bits per heavy atom. The molecule has 1 aliphatic carbocycles. The summed E-state index contributed by atoms with van der Waals surface area (Å²) in [7, 11) is -3.95. The second kappa shape index (κ2) is 10.3. The maximum atomic E-state index is 13.4. The van der Waals surface area contributed by atoms with Crippen molar-refractivity contribution in [2.24, 2.45) is 0 Å². The van der Waals surface area contributed by atoms with Crippen molar-refractivity contribution in [1.82, 2.24) is 5.32 Å². The van der Waals surface area contributed by atoms with Gasteiger partial charge >= 0.3 is 0 Å². The predicted octanol–water partition coefficient (Wildman–Crippen LogP) is 5.07. The number of aryl methyl sites for hydroxylation is 1. The van der Waals surface area contributed by atoms with Gasteiger partial charge in [0.25, 0.3) is 10.0 Å². The lowest BCUT2D eigenvalue weighted by atomic mass is 9.97. The normalized spacial score (nSPS) is 15.8. The lowest BCUT2D eigenvalue weighted by molar-refractivity contribution is -0.120. The summed E-state index contributed by atoms with van der Waals surface area (Å²) in [5.41, 5.74) is 1.26. The number of halogens is 1. The standard InChI is InChI=1S/C23H29ClN2O3S/c1-18-13-15-20(16-14-18)30(28,29)26(22-12-8-7-11-21(22)24)17-23(27)25-19-9-5-3-2-4-6-10-19/h7-8,11-16,19H,2-6,9-10,17H2,1H3,(H,25,27). The van der Waals surface area contributed by atoms with Crippen molar-refractivity contribution in [1.29, 1.82) is 0 Å². The van der Waals surface area contributed by atoms with E-state index in [-0.39, 0.29) is 28.4 Å². The van der Waals surface area contributed by atoms with E-state index in [1.54, 1.807) is 48.5 Å². The maximum Gasteiger partial charge on any atom is 0.264 e. The summed E-state index contributed by atoms with van der Waals surface area (Å²) in [6.07, 6.45) is 7.64. The zero-order valence-corrected chi connectivity index (χ0v) is 18.9. The first-order valence-electron chi connectivity index (χ1n) is 10.5. The first-order valence-corrected chi connectivity index (χ1v) is 12.3. The molecule has 1 amide bonds. The SMILES string of the molecule is Cc1ccc(S(=O)(=O)N(CC(=O)NC2CCCCCCC2)c2ccccc2Cl)cc1. The van der Waals surface area contributed by atoms with E-state index in [0.29, 0.717) is 5.69 Å². The molecule has 0 saturated heterocycles. The van der Waals surface area contributed by atoms with Crippen LogP contribution in [-0.4, -0.2) is 26.9 Å². The Bertz CT molecular complexity index is 953. The molecule has 1 saturated carbocycles. The van der Waals surface area contributed by atoms with E-state index in [1.165, 1.54) is 19.3 Å². The van der Waals surface area contributed by atoms with Gasteiger partial charge < -0.3 is 5.32 Å². The molecule has 0 bridgehead atoms. The number of hydrogen-bond donors (Lipinski definition) is 1. The third-order valence-electron chi connectivity index (χ3n) is 5.49. The van der Waals surface area contributed by atoms with Gasteiger partial charge in [0.15, 0.2) is 0 Å². The molecule has 2 aromatic rings. The molecule has 5 nitrogen and oxygen atoms in total. The molecule has 0 unspecified atom stereocenters. The summed E-state index contributed by atoms with van der Waals surface area (Å²) in [6.45, 7) is 1.58. The fourth-order valence-corrected chi connectivity index (χ4v) is 5.52. The molecule has 0 atom stereocenters. The molecular weight excluding hydrogens is 420 g/mol. The van der Waals surface area contributed by atoms with Gasteiger partial charge in [-0.3, -0.25) is 9.10 Å². The molecule has 2 aromatic carbocycles. The van der Waals surface area contributed by atoms with Crippen LogP contribution in [0.1, 0.15) is 50.5 Å². The summed E-state index contributed by atoms with van der Waals surface area (Å²) in [6, 6.07) is 13.4. The van der Waals surface area contributed by atoms with Crippen LogP contribution in [0.3, 0.4) is 0 Å². The van der Waals surface area contributed by atoms with E-state index in [2.05, 4.69) is 5.32 Å². The van der Waals surface area contributed by atoms with Gasteiger partial charge in [-0.2, -0.15) is 0 Å². The van der Waals surface area contributed by atoms with E-state index in [1.807, 2.05) is 6.92 Å². The third-order valence-corrected chi connectivity index (χ3v) is 7.58. The molecule has 7 heteroatoms. The van der Waals surface area contributed by atoms with Crippen molar-refractivity contribution >= 4 is 33.2 Å². The summed E-state index contributed by atoms with van der Waals surface area (Å²) < 4.78 is 27.9. The number of nitrogens with zero attached hydrogens (tertiary/aromatic N) is 1. The highest BCUT2D eigenvalue weighted by Crippen LogP contribution is 2.30. The Morgan fingerprint density at radius 3 is 2.23 bits per heavy atom. The zero-order chi connectivity index (χ0) is 21.6. The highest BCUT2D eigenvalue weighted by molar-refractivity contribution is 7.92. The fourth-order valence-electron chi connectivity index (χ4n) is 3.80. The average Bonchev–Trinajstić information content (AvgIpc) is 2.69. The van der Waals surface area contributed by atoms with Gasteiger partial charge in [0.1, 0.15) is 6.54 Å². The Morgan fingerprint density at radius 2 is 1.60 bits per heavy atom. The van der Waals surface area contributed by atoms with E-state index < -0.39 is 10.0 Å². The van der Waals surface area contributed by atoms with Crippen molar-refractivity contribution < 1.29 is 13.2 Å². The van der Waals surface area contributed by atoms with Crippen molar-refractivity contribution in [3.63, 3.8) is 0 Å². The molecule has 162 valence electrons. The number of rotatable bonds is 6. The lowest BCUT2D eigenvalue weighted by Gasteiger charge is -2.27. The van der Waals surface area contributed by atoms with Gasteiger partial charge in [-0.15, -0.1) is 0 Å². The van der Waals surface area contributed by atoms with Crippen molar-refractivity contribution in [2.45, 2.75) is 62.8 Å². The van der Waals surface area contributed by atoms with E-state index in [4.69, 9.17) is 11.6 Å². The van der Waals surface area contributed by atoms with Gasteiger partial charge in [-0.05, 0) is 44.0 Å². The number of nitrogens with one attached hydrogen (secondary N) is 1. The molecule has 1 N–H and O–H groups in total. The lowest BCUT2D eigenvalue weighted by Crippen LogP contribution is -2.44. The second-order valence-electron chi connectivity index (χ2n) is 7.89. The third kappa shape index (κ3) is 5.76. The Balaban J connectivity index is 1.85. The first-order chi connectivity index (χ1) is 14.4. The Labute approximate surface area is 184 Å². The van der Waals surface area contributed by atoms with Gasteiger partial charge in [0.05, 0.1) is 15.6 Å². The number of hydrogen-bond acceptors (Lipinski definition) is 3. The molecule has 0 spiro atoms. The van der Waals surface area contributed by atoms with Crippen LogP contribution in [-0.2, 0) is 14.8 Å². The molecule has 0 heterocycles. The Hall–Kier alpha value is -2.05. The molecular formula is C23H29ClN2O3S. The predicted molar refractivity (Wildman–Crippen MR) is 121 cm³/mol. The number of anilines is 1. The van der Waals surface area contributed by atoms with Crippen molar-refractivity contribution in [3.8, 4) is 0 Å². The second-order valence-corrected chi connectivity index (χ2v) is 10.2. The number of para-hydroxylation sites is 1. The number of sulfonamides is 1. The molecule has 30 heavy (non-hydrogen) atoms. The molecule has 1 aliphatic rings. The van der Waals surface area contributed by atoms with Crippen molar-refractivity contribution in [2.75, 3.05) is 10.8 Å². The summed E-state index contributed by atoms with van der Waals surface area (Å²) in [5.74, 6) is -0.309. The van der Waals surface area contributed by atoms with Crippen LogP contribution in [0.2, 0.25) is 5.02 Å². The number of carbonyl (C=O) groups excluding carboxylic acids is 1. The first kappa shape index (κ1) is 22.6. The monoisotopic (exact) mass is 448 g/mol. The van der Waals surface area contributed by atoms with E-state index in [9.17, 15) is 13.2 Å². The van der Waals surface area contributed by atoms with E-state index in [0.717, 1.165) is 35.6 Å². The highest BCUT2D eigenvalue weighted by Gasteiger charge is 2.29. The summed E-state index contributed by atoms with van der Waals surface area (Å²) in [5, 5.41) is 3.34. The fraction of sp³-hybridized carbons (Fsp3) is 0.435. The van der Waals surface area contributed by atoms with Crippen LogP contribution in [0.25, 0.3) is 0 Å². The van der Waals surface area contributed by atoms with E-state index >= 15 is 0 Å². The van der Waals surface area contributed by atoms with Crippen LogP contribution in [0.15, 0.2) is 53.4 Å². The summed E-state index contributed by atoms with van der Waals surface area (Å²) >= 11 is 6.31. The number of amides is 1. The minimum Gasteiger partial charge on any atom is -0.352 e. The Kier molecular flexibility index (Phi) is 7.78. The average molecular weight is 449 g/mol. The smallest absolute Gasteiger partial charge is 0.264 e. The molecule has 3 rings (SSSR count). The molecule has 0 aliphatic heterocycles. The zero-order valence-electron chi connectivity index (χ0n) is 17.3. The van der Waals surface area contributed by atoms with Gasteiger partial charge in [-0.25, -0.2) is 8.42 Å². The minimum absolute atomic E-state index is 0.0907. The number of carbonyl (C=O) groups is 1.